The van der Waals surface area contributed by atoms with Crippen molar-refractivity contribution in [1.82, 2.24) is 4.98 Å². The molecule has 0 amide bonds. The zero-order valence-corrected chi connectivity index (χ0v) is 15.6. The molecule has 0 aliphatic rings. The Bertz CT molecular complexity index is 815. The van der Waals surface area contributed by atoms with Crippen LogP contribution in [-0.2, 0) is 6.42 Å². The van der Waals surface area contributed by atoms with Gasteiger partial charge in [0.1, 0.15) is 17.1 Å². The van der Waals surface area contributed by atoms with Gasteiger partial charge in [-0.25, -0.2) is 4.98 Å². The summed E-state index contributed by atoms with van der Waals surface area (Å²) >= 11 is 0. The second-order valence-corrected chi connectivity index (χ2v) is 5.60. The maximum Gasteiger partial charge on any atom is 0.102 e. The second-order valence-electron chi connectivity index (χ2n) is 5.60. The highest BCUT2D eigenvalue weighted by Gasteiger charge is 2.03. The van der Waals surface area contributed by atoms with Gasteiger partial charge in [-0.1, -0.05) is 57.0 Å². The molecule has 0 atom stereocenters. The maximum atomic E-state index is 8.54. The van der Waals surface area contributed by atoms with Crippen molar-refractivity contribution in [2.75, 3.05) is 0 Å². The third-order valence-corrected chi connectivity index (χ3v) is 3.64. The predicted molar refractivity (Wildman–Crippen MR) is 106 cm³/mol. The fourth-order valence-electron chi connectivity index (χ4n) is 2.06. The van der Waals surface area contributed by atoms with E-state index in [1.54, 1.807) is 32.0 Å². The molecule has 0 bridgehead atoms. The minimum atomic E-state index is 0.358. The monoisotopic (exact) mass is 385 g/mol. The van der Waals surface area contributed by atoms with Crippen LogP contribution in [-0.4, -0.2) is 49.2 Å². The van der Waals surface area contributed by atoms with E-state index in [1.165, 1.54) is 0 Å². The SMILES string of the molecule is CC(=NO)c1cccc(C(C)=NO)n1.ON=CC(CCc1ccccc1)=NO. The van der Waals surface area contributed by atoms with Crippen LogP contribution in [0.4, 0.5) is 0 Å². The van der Waals surface area contributed by atoms with Crippen LogP contribution in [0.5, 0.6) is 0 Å². The number of hydrogen-bond acceptors (Lipinski definition) is 9. The molecule has 1 aromatic heterocycles. The first kappa shape index (κ1) is 22.3. The van der Waals surface area contributed by atoms with E-state index in [1.807, 2.05) is 30.3 Å². The van der Waals surface area contributed by atoms with Crippen molar-refractivity contribution < 1.29 is 20.8 Å². The van der Waals surface area contributed by atoms with Crippen molar-refractivity contribution in [1.29, 1.82) is 0 Å². The highest BCUT2D eigenvalue weighted by molar-refractivity contribution is 6.30. The summed E-state index contributed by atoms with van der Waals surface area (Å²) in [5, 5.41) is 45.7. The summed E-state index contributed by atoms with van der Waals surface area (Å²) in [4.78, 5) is 4.13. The molecule has 28 heavy (non-hydrogen) atoms. The summed E-state index contributed by atoms with van der Waals surface area (Å²) in [6.07, 6.45) is 2.43. The lowest BCUT2D eigenvalue weighted by atomic mass is 10.1. The molecule has 148 valence electrons. The Kier molecular flexibility index (Phi) is 10.0. The van der Waals surface area contributed by atoms with Crippen LogP contribution in [0, 0.1) is 0 Å². The lowest BCUT2D eigenvalue weighted by molar-refractivity contribution is 0.314. The molecule has 0 saturated carbocycles. The molecule has 0 radical (unpaired) electrons. The molecular weight excluding hydrogens is 362 g/mol. The van der Waals surface area contributed by atoms with Gasteiger partial charge in [0.15, 0.2) is 0 Å². The normalized spacial score (nSPS) is 12.6. The molecule has 0 saturated heterocycles. The second kappa shape index (κ2) is 12.6. The number of aromatic nitrogens is 1. The lowest BCUT2D eigenvalue weighted by Gasteiger charge is -2.01. The Morgan fingerprint density at radius 3 is 1.86 bits per heavy atom. The van der Waals surface area contributed by atoms with Crippen molar-refractivity contribution in [3.05, 3.63) is 65.5 Å². The topological polar surface area (TPSA) is 143 Å². The number of oxime groups is 4. The van der Waals surface area contributed by atoms with Crippen LogP contribution in [0.2, 0.25) is 0 Å². The van der Waals surface area contributed by atoms with E-state index in [9.17, 15) is 0 Å². The predicted octanol–water partition coefficient (Wildman–Crippen LogP) is 3.39. The van der Waals surface area contributed by atoms with E-state index in [0.717, 1.165) is 18.2 Å². The molecular formula is C19H23N5O4. The molecule has 2 rings (SSSR count). The highest BCUT2D eigenvalue weighted by atomic mass is 16.4. The van der Waals surface area contributed by atoms with Gasteiger partial charge < -0.3 is 20.8 Å². The minimum Gasteiger partial charge on any atom is -0.411 e. The number of pyridine rings is 1. The molecule has 9 heteroatoms. The van der Waals surface area contributed by atoms with Crippen LogP contribution < -0.4 is 0 Å². The summed E-state index contributed by atoms with van der Waals surface area (Å²) < 4.78 is 0. The van der Waals surface area contributed by atoms with Gasteiger partial charge in [0.2, 0.25) is 0 Å². The first-order valence-electron chi connectivity index (χ1n) is 8.33. The van der Waals surface area contributed by atoms with Gasteiger partial charge in [0.25, 0.3) is 0 Å². The van der Waals surface area contributed by atoms with Gasteiger partial charge >= 0.3 is 0 Å². The molecule has 0 aliphatic carbocycles. The molecule has 1 aromatic carbocycles. The molecule has 2 aromatic rings. The maximum absolute atomic E-state index is 8.54. The standard InChI is InChI=1S/C10H12N2O2.C9H11N3O2/c13-11-8-10(12-14)7-6-9-4-2-1-3-5-9;1-6(11-13)8-4-3-5-9(10-8)7(2)12-14/h1-5,8,13-14H,6-7H2;3-5,13-14H,1-2H3. The first-order valence-corrected chi connectivity index (χ1v) is 8.33. The van der Waals surface area contributed by atoms with E-state index in [-0.39, 0.29) is 0 Å². The summed E-state index contributed by atoms with van der Waals surface area (Å²) in [5.41, 5.74) is 3.44. The molecule has 0 unspecified atom stereocenters. The molecule has 0 spiro atoms. The Labute approximate surface area is 162 Å². The number of nitrogens with zero attached hydrogens (tertiary/aromatic N) is 5. The van der Waals surface area contributed by atoms with Crippen molar-refractivity contribution >= 4 is 23.3 Å². The van der Waals surface area contributed by atoms with E-state index in [0.29, 0.717) is 34.9 Å². The Morgan fingerprint density at radius 2 is 1.39 bits per heavy atom. The lowest BCUT2D eigenvalue weighted by Crippen LogP contribution is -2.04. The van der Waals surface area contributed by atoms with Crippen molar-refractivity contribution in [3.8, 4) is 0 Å². The van der Waals surface area contributed by atoms with E-state index >= 15 is 0 Å². The molecule has 1 heterocycles. The fourth-order valence-corrected chi connectivity index (χ4v) is 2.06. The number of aryl methyl sites for hydroxylation is 1. The van der Waals surface area contributed by atoms with Crippen LogP contribution in [0.3, 0.4) is 0 Å². The average Bonchev–Trinajstić information content (AvgIpc) is 2.76. The van der Waals surface area contributed by atoms with E-state index < -0.39 is 0 Å². The van der Waals surface area contributed by atoms with Crippen LogP contribution in [0.25, 0.3) is 0 Å². The average molecular weight is 385 g/mol. The first-order chi connectivity index (χ1) is 13.5. The summed E-state index contributed by atoms with van der Waals surface area (Å²) in [5.74, 6) is 0. The van der Waals surface area contributed by atoms with Crippen LogP contribution >= 0.6 is 0 Å². The summed E-state index contributed by atoms with van der Waals surface area (Å²) in [6, 6.07) is 15.0. The molecule has 4 N–H and O–H groups in total. The van der Waals surface area contributed by atoms with Gasteiger partial charge in [-0.2, -0.15) is 0 Å². The minimum absolute atomic E-state index is 0.358. The molecule has 0 aliphatic heterocycles. The van der Waals surface area contributed by atoms with Gasteiger partial charge in [0, 0.05) is 0 Å². The Hall–Kier alpha value is -3.75. The third-order valence-electron chi connectivity index (χ3n) is 3.64. The van der Waals surface area contributed by atoms with Gasteiger partial charge in [-0.05, 0) is 44.4 Å². The van der Waals surface area contributed by atoms with Gasteiger partial charge in [-0.3, -0.25) is 0 Å². The Balaban J connectivity index is 0.000000280. The molecule has 9 nitrogen and oxygen atoms in total. The largest absolute Gasteiger partial charge is 0.411 e. The van der Waals surface area contributed by atoms with E-state index in [2.05, 4.69) is 25.6 Å². The quantitative estimate of drug-likeness (QED) is 0.342. The van der Waals surface area contributed by atoms with Gasteiger partial charge in [-0.15, -0.1) is 0 Å². The zero-order valence-electron chi connectivity index (χ0n) is 15.6. The number of hydrogen-bond donors (Lipinski definition) is 4. The fraction of sp³-hybridized carbons (Fsp3) is 0.211. The summed E-state index contributed by atoms with van der Waals surface area (Å²) in [7, 11) is 0. The Morgan fingerprint density at radius 1 is 0.821 bits per heavy atom. The third kappa shape index (κ3) is 7.65. The zero-order chi connectivity index (χ0) is 20.8. The van der Waals surface area contributed by atoms with Crippen molar-refractivity contribution in [3.63, 3.8) is 0 Å². The number of rotatable bonds is 6. The highest BCUT2D eigenvalue weighted by Crippen LogP contribution is 2.03. The summed E-state index contributed by atoms with van der Waals surface area (Å²) in [6.45, 7) is 3.27. The van der Waals surface area contributed by atoms with Crippen LogP contribution in [0.1, 0.15) is 37.2 Å². The number of benzene rings is 1. The molecule has 0 fully saturated rings. The smallest absolute Gasteiger partial charge is 0.102 e. The van der Waals surface area contributed by atoms with E-state index in [4.69, 9.17) is 20.8 Å². The van der Waals surface area contributed by atoms with Crippen molar-refractivity contribution in [2.24, 2.45) is 20.6 Å². The van der Waals surface area contributed by atoms with Crippen molar-refractivity contribution in [2.45, 2.75) is 26.7 Å². The van der Waals surface area contributed by atoms with Gasteiger partial charge in [0.05, 0.1) is 17.6 Å². The van der Waals surface area contributed by atoms with Crippen LogP contribution in [0.15, 0.2) is 69.2 Å².